The van der Waals surface area contributed by atoms with Gasteiger partial charge < -0.3 is 30.9 Å². The zero-order valence-electron chi connectivity index (χ0n) is 28.3. The van der Waals surface area contributed by atoms with Crippen molar-refractivity contribution in [2.75, 3.05) is 29.9 Å². The van der Waals surface area contributed by atoms with E-state index in [0.717, 1.165) is 23.1 Å². The lowest BCUT2D eigenvalue weighted by Gasteiger charge is -2.22. The summed E-state index contributed by atoms with van der Waals surface area (Å²) in [5.41, 5.74) is 10.1. The van der Waals surface area contributed by atoms with Gasteiger partial charge in [-0.3, -0.25) is 14.3 Å². The van der Waals surface area contributed by atoms with Crippen LogP contribution in [-0.4, -0.2) is 92.7 Å². The Labute approximate surface area is 298 Å². The van der Waals surface area contributed by atoms with Gasteiger partial charge in [0.1, 0.15) is 12.2 Å². The maximum Gasteiger partial charge on any atom is 0.249 e. The molecule has 0 radical (unpaired) electrons. The van der Waals surface area contributed by atoms with Gasteiger partial charge in [-0.15, -0.1) is 10.2 Å². The van der Waals surface area contributed by atoms with Crippen molar-refractivity contribution in [2.45, 2.75) is 56.3 Å². The van der Waals surface area contributed by atoms with Crippen LogP contribution in [-0.2, 0) is 11.3 Å². The molecule has 2 saturated heterocycles. The fourth-order valence-electron chi connectivity index (χ4n) is 7.11. The molecule has 0 bridgehead atoms. The van der Waals surface area contributed by atoms with E-state index in [-0.39, 0.29) is 17.7 Å². The first-order valence-electron chi connectivity index (χ1n) is 17.3. The van der Waals surface area contributed by atoms with Crippen LogP contribution < -0.4 is 16.0 Å². The number of benzene rings is 2. The molecule has 6 heterocycles. The molecule has 16 nitrogen and oxygen atoms in total. The molecule has 2 aromatic carbocycles. The third kappa shape index (κ3) is 6.20. The number of carbonyl (C=O) groups excluding carboxylic acids is 1. The summed E-state index contributed by atoms with van der Waals surface area (Å²) in [4.78, 5) is 34.6. The average Bonchev–Trinajstić information content (AvgIpc) is 4.00. The number of aryl methyl sites for hydroxylation is 1. The number of aliphatic hydroxyl groups excluding tert-OH is 2. The van der Waals surface area contributed by atoms with E-state index in [1.54, 1.807) is 23.0 Å². The first-order chi connectivity index (χ1) is 25.4. The highest BCUT2D eigenvalue weighted by Crippen LogP contribution is 2.40. The Hall–Kier alpha value is -5.84. The quantitative estimate of drug-likeness (QED) is 0.153. The number of imidazole rings is 1. The highest BCUT2D eigenvalue weighted by Gasteiger charge is 2.47. The van der Waals surface area contributed by atoms with Crippen molar-refractivity contribution >= 4 is 28.8 Å². The van der Waals surface area contributed by atoms with Gasteiger partial charge in [-0.2, -0.15) is 14.8 Å². The number of nitrogens with zero attached hydrogens (tertiary/aromatic N) is 10. The smallest absolute Gasteiger partial charge is 0.249 e. The average molecular weight is 703 g/mol. The van der Waals surface area contributed by atoms with Crippen molar-refractivity contribution in [3.05, 3.63) is 114 Å². The summed E-state index contributed by atoms with van der Waals surface area (Å²) in [6.07, 6.45) is 0.759. The minimum atomic E-state index is -1.35. The molecular formula is C36H38N12O4. The predicted molar refractivity (Wildman–Crippen MR) is 189 cm³/mol. The highest BCUT2D eigenvalue weighted by atomic mass is 16.6. The number of primary amides is 1. The lowest BCUT2D eigenvalue weighted by molar-refractivity contribution is -0.0384. The molecule has 16 heteroatoms. The van der Waals surface area contributed by atoms with Gasteiger partial charge in [-0.1, -0.05) is 60.7 Å². The second-order valence-electron chi connectivity index (χ2n) is 13.0. The van der Waals surface area contributed by atoms with Gasteiger partial charge in [0.25, 0.3) is 0 Å². The molecule has 0 aliphatic carbocycles. The first-order valence-corrected chi connectivity index (χ1v) is 17.3. The Kier molecular flexibility index (Phi) is 9.00. The van der Waals surface area contributed by atoms with E-state index in [9.17, 15) is 15.0 Å². The highest BCUT2D eigenvalue weighted by molar-refractivity contribution is 5.94. The summed E-state index contributed by atoms with van der Waals surface area (Å²) in [6.45, 7) is 3.97. The summed E-state index contributed by atoms with van der Waals surface area (Å²) in [6, 6.07) is 22.2. The molecule has 0 unspecified atom stereocenters. The van der Waals surface area contributed by atoms with Crippen LogP contribution >= 0.6 is 0 Å². The molecule has 0 saturated carbocycles. The summed E-state index contributed by atoms with van der Waals surface area (Å²) >= 11 is 0. The molecule has 266 valence electrons. The monoisotopic (exact) mass is 702 g/mol. The van der Waals surface area contributed by atoms with Crippen molar-refractivity contribution in [3.8, 4) is 0 Å². The van der Waals surface area contributed by atoms with Gasteiger partial charge >= 0.3 is 0 Å². The van der Waals surface area contributed by atoms with E-state index in [2.05, 4.69) is 50.0 Å². The number of hydrogen-bond acceptors (Lipinski definition) is 13. The number of nitrogens with two attached hydrogens (primary N) is 1. The molecule has 0 spiro atoms. The number of rotatable bonds is 11. The fraction of sp³-hybridized carbons (Fsp3) is 0.333. The maximum absolute atomic E-state index is 12.2. The number of carbonyl (C=O) groups is 1. The van der Waals surface area contributed by atoms with Crippen molar-refractivity contribution < 1.29 is 19.7 Å². The van der Waals surface area contributed by atoms with Crippen LogP contribution in [0.3, 0.4) is 0 Å². The van der Waals surface area contributed by atoms with Crippen LogP contribution in [0.5, 0.6) is 0 Å². The van der Waals surface area contributed by atoms with Gasteiger partial charge in [0.05, 0.1) is 12.9 Å². The molecular weight excluding hydrogens is 664 g/mol. The fourth-order valence-corrected chi connectivity index (χ4v) is 7.11. The van der Waals surface area contributed by atoms with E-state index in [1.807, 2.05) is 48.2 Å². The topological polar surface area (TPSA) is 208 Å². The number of fused-ring (bicyclic) bond motifs is 1. The van der Waals surface area contributed by atoms with Crippen molar-refractivity contribution in [1.29, 1.82) is 0 Å². The molecule has 2 aliphatic heterocycles. The third-order valence-electron chi connectivity index (χ3n) is 9.83. The van der Waals surface area contributed by atoms with E-state index in [0.29, 0.717) is 54.7 Å². The predicted octanol–water partition coefficient (Wildman–Crippen LogP) is 2.56. The molecule has 2 fully saturated rings. The maximum atomic E-state index is 12.2. The van der Waals surface area contributed by atoms with Crippen LogP contribution in [0.4, 0.5) is 11.8 Å². The molecule has 6 aromatic rings. The van der Waals surface area contributed by atoms with Crippen LogP contribution in [0.2, 0.25) is 0 Å². The Morgan fingerprint density at radius 1 is 1.04 bits per heavy atom. The Morgan fingerprint density at radius 2 is 1.79 bits per heavy atom. The van der Waals surface area contributed by atoms with Crippen molar-refractivity contribution in [1.82, 2.24) is 44.7 Å². The number of ether oxygens (including phenoxy) is 1. The SMILES string of the molecule is CCn1nnc([C@H]2O[C@@H](n3cnc4c(NCC(c5ccccc5)c5ccccc5)nc(N5CC[C@H](c6cnccc6C(N)=O)C5)nc43)[C@H](O)[C@@H]2O)n1. The minimum absolute atomic E-state index is 0.00755. The van der Waals surface area contributed by atoms with Crippen LogP contribution in [0.1, 0.15) is 70.4 Å². The van der Waals surface area contributed by atoms with Gasteiger partial charge in [-0.25, -0.2) is 4.98 Å². The minimum Gasteiger partial charge on any atom is -0.387 e. The second-order valence-corrected chi connectivity index (χ2v) is 13.0. The first kappa shape index (κ1) is 33.3. The standard InChI is InChI=1S/C36H38N12O4/c1-2-48-44-33(43-45-48)30-28(49)29(50)35(52-30)47-20-40-27-32(39-18-25(21-9-5-3-6-10-21)22-11-7-4-8-12-22)41-36(42-34(27)47)46-16-14-23(19-46)26-17-38-15-13-24(26)31(37)51/h3-13,15,17,20,23,25,28-30,35,49-50H,2,14,16,18-19H2,1H3,(H2,37,51)(H,39,41,42)/t23-,28-,29+,30-,35+/m0/s1. The largest absolute Gasteiger partial charge is 0.387 e. The molecule has 4 aromatic heterocycles. The lowest BCUT2D eigenvalue weighted by Crippen LogP contribution is -2.29. The number of anilines is 2. The van der Waals surface area contributed by atoms with Gasteiger partial charge in [0, 0.05) is 49.4 Å². The summed E-state index contributed by atoms with van der Waals surface area (Å²) < 4.78 is 7.82. The number of amides is 1. The molecule has 1 amide bonds. The Morgan fingerprint density at radius 3 is 2.48 bits per heavy atom. The normalized spacial score (nSPS) is 21.7. The summed E-state index contributed by atoms with van der Waals surface area (Å²) in [5, 5.41) is 38.2. The van der Waals surface area contributed by atoms with E-state index in [1.165, 1.54) is 11.1 Å². The summed E-state index contributed by atoms with van der Waals surface area (Å²) in [5.74, 6) is 0.550. The van der Waals surface area contributed by atoms with E-state index < -0.39 is 30.4 Å². The van der Waals surface area contributed by atoms with E-state index >= 15 is 0 Å². The zero-order valence-corrected chi connectivity index (χ0v) is 28.3. The molecule has 8 rings (SSSR count). The van der Waals surface area contributed by atoms with Crippen LogP contribution in [0, 0.1) is 0 Å². The number of tetrazole rings is 1. The number of pyridine rings is 1. The summed E-state index contributed by atoms with van der Waals surface area (Å²) in [7, 11) is 0. The zero-order chi connectivity index (χ0) is 35.8. The van der Waals surface area contributed by atoms with Crippen LogP contribution in [0.15, 0.2) is 85.5 Å². The van der Waals surface area contributed by atoms with Crippen LogP contribution in [0.25, 0.3) is 11.2 Å². The van der Waals surface area contributed by atoms with Gasteiger partial charge in [0.2, 0.25) is 17.7 Å². The molecule has 5 N–H and O–H groups in total. The Bertz CT molecular complexity index is 2140. The number of nitrogens with one attached hydrogen (secondary N) is 1. The lowest BCUT2D eigenvalue weighted by atomic mass is 9.91. The molecule has 52 heavy (non-hydrogen) atoms. The third-order valence-corrected chi connectivity index (χ3v) is 9.83. The van der Waals surface area contributed by atoms with Crippen molar-refractivity contribution in [2.24, 2.45) is 5.73 Å². The van der Waals surface area contributed by atoms with Gasteiger partial charge in [0.15, 0.2) is 29.3 Å². The molecule has 2 aliphatic rings. The van der Waals surface area contributed by atoms with E-state index in [4.69, 9.17) is 25.4 Å². The molecule has 5 atom stereocenters. The van der Waals surface area contributed by atoms with Crippen molar-refractivity contribution in [3.63, 3.8) is 0 Å². The Balaban J connectivity index is 1.16. The second kappa shape index (κ2) is 14.1. The number of aliphatic hydroxyl groups is 2. The number of hydrogen-bond donors (Lipinski definition) is 4. The number of aromatic nitrogens is 9. The van der Waals surface area contributed by atoms with Gasteiger partial charge in [-0.05, 0) is 41.3 Å².